The second kappa shape index (κ2) is 68.6. The molecule has 0 aliphatic rings. The number of unbranched alkanes of at least 4 members (excludes halogenated alkanes) is 33. The van der Waals surface area contributed by atoms with Crippen LogP contribution in [0.1, 0.15) is 329 Å². The molecule has 0 rings (SSSR count). The molecule has 1 unspecified atom stereocenters. The lowest BCUT2D eigenvalue weighted by atomic mass is 10.0. The third-order valence-corrected chi connectivity index (χ3v) is 14.8. The summed E-state index contributed by atoms with van der Waals surface area (Å²) in [7, 11) is 0. The van der Waals surface area contributed by atoms with Gasteiger partial charge >= 0.3 is 17.9 Å². The molecule has 0 aromatic heterocycles. The van der Waals surface area contributed by atoms with Crippen molar-refractivity contribution >= 4 is 17.9 Å². The van der Waals surface area contributed by atoms with Gasteiger partial charge in [-0.1, -0.05) is 323 Å². The van der Waals surface area contributed by atoms with E-state index in [1.165, 1.54) is 180 Å². The van der Waals surface area contributed by atoms with Gasteiger partial charge in [0.15, 0.2) is 6.10 Å². The smallest absolute Gasteiger partial charge is 0.306 e. The Morgan fingerprint density at radius 2 is 0.506 bits per heavy atom. The predicted molar refractivity (Wildman–Crippen MR) is 353 cm³/mol. The van der Waals surface area contributed by atoms with E-state index in [1.54, 1.807) is 0 Å². The number of allylic oxidation sites excluding steroid dienone is 18. The number of carbonyl (C=O) groups excluding carboxylic acids is 3. The Morgan fingerprint density at radius 1 is 0.259 bits per heavy atom. The molecule has 0 aromatic carbocycles. The first-order valence-corrected chi connectivity index (χ1v) is 34.4. The minimum absolute atomic E-state index is 0.105. The zero-order valence-corrected chi connectivity index (χ0v) is 53.3. The first-order chi connectivity index (χ1) is 40.0. The molecule has 0 radical (unpaired) electrons. The molecule has 0 spiro atoms. The highest BCUT2D eigenvalue weighted by atomic mass is 16.6. The van der Waals surface area contributed by atoms with Gasteiger partial charge in [-0.2, -0.15) is 0 Å². The number of esters is 3. The molecular formula is C75H128O6. The summed E-state index contributed by atoms with van der Waals surface area (Å²) < 4.78 is 16.9. The molecule has 0 N–H and O–H groups in total. The van der Waals surface area contributed by atoms with Gasteiger partial charge in [0.25, 0.3) is 0 Å². The Labute approximate surface area is 501 Å². The van der Waals surface area contributed by atoms with Crippen LogP contribution in [0.25, 0.3) is 0 Å². The van der Waals surface area contributed by atoms with E-state index >= 15 is 0 Å². The van der Waals surface area contributed by atoms with Crippen LogP contribution in [-0.4, -0.2) is 37.2 Å². The molecule has 464 valence electrons. The van der Waals surface area contributed by atoms with E-state index in [2.05, 4.69) is 124 Å². The third-order valence-electron chi connectivity index (χ3n) is 14.8. The Bertz CT molecular complexity index is 1620. The van der Waals surface area contributed by atoms with Crippen LogP contribution in [0.2, 0.25) is 0 Å². The van der Waals surface area contributed by atoms with Crippen molar-refractivity contribution in [2.75, 3.05) is 13.2 Å². The van der Waals surface area contributed by atoms with E-state index in [-0.39, 0.29) is 37.5 Å². The monoisotopic (exact) mass is 1120 g/mol. The molecule has 0 aliphatic carbocycles. The lowest BCUT2D eigenvalue weighted by Gasteiger charge is -2.18. The Kier molecular flexibility index (Phi) is 65.2. The van der Waals surface area contributed by atoms with Crippen LogP contribution < -0.4 is 0 Å². The number of rotatable bonds is 62. The van der Waals surface area contributed by atoms with Crippen molar-refractivity contribution in [1.29, 1.82) is 0 Å². The molecule has 0 fully saturated rings. The average molecular weight is 1130 g/mol. The summed E-state index contributed by atoms with van der Waals surface area (Å²) in [5, 5.41) is 0. The average Bonchev–Trinajstić information content (AvgIpc) is 3.47. The number of carbonyl (C=O) groups is 3. The summed E-state index contributed by atoms with van der Waals surface area (Å²) in [4.78, 5) is 38.4. The van der Waals surface area contributed by atoms with Crippen molar-refractivity contribution in [2.45, 2.75) is 335 Å². The van der Waals surface area contributed by atoms with E-state index in [1.807, 2.05) is 6.08 Å². The van der Waals surface area contributed by atoms with Crippen molar-refractivity contribution in [3.05, 3.63) is 109 Å². The molecule has 0 aromatic rings. The maximum absolute atomic E-state index is 12.9. The molecule has 0 aliphatic heterocycles. The van der Waals surface area contributed by atoms with Crippen LogP contribution >= 0.6 is 0 Å². The van der Waals surface area contributed by atoms with Gasteiger partial charge in [-0.25, -0.2) is 0 Å². The van der Waals surface area contributed by atoms with E-state index in [0.29, 0.717) is 19.3 Å². The first kappa shape index (κ1) is 77.1. The van der Waals surface area contributed by atoms with Crippen molar-refractivity contribution in [1.82, 2.24) is 0 Å². The maximum atomic E-state index is 12.9. The predicted octanol–water partition coefficient (Wildman–Crippen LogP) is 23.8. The lowest BCUT2D eigenvalue weighted by Crippen LogP contribution is -2.30. The summed E-state index contributed by atoms with van der Waals surface area (Å²) in [5.41, 5.74) is 0. The molecule has 0 bridgehead atoms. The number of hydrogen-bond donors (Lipinski definition) is 0. The van der Waals surface area contributed by atoms with Gasteiger partial charge < -0.3 is 14.2 Å². The van der Waals surface area contributed by atoms with Crippen molar-refractivity contribution < 1.29 is 28.6 Å². The fourth-order valence-corrected chi connectivity index (χ4v) is 9.65. The fourth-order valence-electron chi connectivity index (χ4n) is 9.65. The highest BCUT2D eigenvalue weighted by molar-refractivity contribution is 5.71. The van der Waals surface area contributed by atoms with Crippen LogP contribution in [0.15, 0.2) is 109 Å². The Balaban J connectivity index is 4.46. The number of ether oxygens (including phenoxy) is 3. The van der Waals surface area contributed by atoms with Gasteiger partial charge in [0.05, 0.1) is 0 Å². The quantitative estimate of drug-likeness (QED) is 0.0261. The van der Waals surface area contributed by atoms with Crippen molar-refractivity contribution in [2.24, 2.45) is 0 Å². The van der Waals surface area contributed by atoms with Gasteiger partial charge in [0.1, 0.15) is 13.2 Å². The summed E-state index contributed by atoms with van der Waals surface area (Å²) >= 11 is 0. The lowest BCUT2D eigenvalue weighted by molar-refractivity contribution is -0.166. The zero-order chi connectivity index (χ0) is 58.5. The molecule has 0 saturated heterocycles. The molecule has 0 amide bonds. The van der Waals surface area contributed by atoms with Gasteiger partial charge in [-0.15, -0.1) is 0 Å². The number of hydrogen-bond acceptors (Lipinski definition) is 6. The van der Waals surface area contributed by atoms with Gasteiger partial charge in [0, 0.05) is 19.3 Å². The van der Waals surface area contributed by atoms with Crippen LogP contribution in [-0.2, 0) is 28.6 Å². The fraction of sp³-hybridized carbons (Fsp3) is 0.720. The minimum Gasteiger partial charge on any atom is -0.462 e. The summed E-state index contributed by atoms with van der Waals surface area (Å²) in [6.45, 7) is 6.48. The molecule has 0 saturated carbocycles. The van der Waals surface area contributed by atoms with Gasteiger partial charge in [0.2, 0.25) is 0 Å². The molecular weight excluding hydrogens is 997 g/mol. The SMILES string of the molecule is CC/C=C\C/C=C\C/C=C\C/C=C\C/C=C\C/C=C\CCC(=O)OCC(COC(=O)CCCCCCCCCCCCCCCCCCCCCCCCC)OC(=O)CCCCCCCC/C=C\C/C=C\C/C=C\CCCCCCC. The topological polar surface area (TPSA) is 78.9 Å². The second-order valence-corrected chi connectivity index (χ2v) is 22.7. The Hall–Kier alpha value is -3.93. The van der Waals surface area contributed by atoms with Crippen LogP contribution in [0, 0.1) is 0 Å². The molecule has 1 atom stereocenters. The van der Waals surface area contributed by atoms with Crippen LogP contribution in [0.3, 0.4) is 0 Å². The van der Waals surface area contributed by atoms with E-state index < -0.39 is 6.10 Å². The largest absolute Gasteiger partial charge is 0.462 e. The van der Waals surface area contributed by atoms with E-state index in [4.69, 9.17) is 14.2 Å². The van der Waals surface area contributed by atoms with Gasteiger partial charge in [-0.05, 0) is 96.3 Å². The highest BCUT2D eigenvalue weighted by Crippen LogP contribution is 2.17. The zero-order valence-electron chi connectivity index (χ0n) is 53.3. The van der Waals surface area contributed by atoms with E-state index in [9.17, 15) is 14.4 Å². The first-order valence-electron chi connectivity index (χ1n) is 34.4. The van der Waals surface area contributed by atoms with E-state index in [0.717, 1.165) is 103 Å². The summed E-state index contributed by atoms with van der Waals surface area (Å²) in [5.74, 6) is -0.994. The van der Waals surface area contributed by atoms with Crippen LogP contribution in [0.5, 0.6) is 0 Å². The van der Waals surface area contributed by atoms with Crippen molar-refractivity contribution in [3.8, 4) is 0 Å². The standard InChI is InChI=1S/C75H128O6/c1-4-7-10-13-16-19-22-25-28-31-34-36-37-39-41-44-47-50-53-56-59-62-65-68-74(77)80-71-72(70-79-73(76)67-64-61-58-55-52-49-46-43-40-33-30-27-24-21-18-15-12-9-6-3)81-75(78)69-66-63-60-57-54-51-48-45-42-38-35-32-29-26-23-20-17-14-11-8-5-2/h9,12,18,21,23,26-27,30,32,35,40,42-43,45,49,52,58,61,72H,4-8,10-11,13-17,19-20,22,24-25,28-29,31,33-34,36-39,41,44,46-48,50-51,53-57,59-60,62-71H2,1-3H3/b12-9-,21-18-,26-23-,30-27-,35-32-,43-40-,45-42-,52-49-,61-58-. The molecule has 6 nitrogen and oxygen atoms in total. The highest BCUT2D eigenvalue weighted by Gasteiger charge is 2.19. The van der Waals surface area contributed by atoms with Crippen molar-refractivity contribution in [3.63, 3.8) is 0 Å². The summed E-state index contributed by atoms with van der Waals surface area (Å²) in [6.07, 6.45) is 94.0. The maximum Gasteiger partial charge on any atom is 0.306 e. The Morgan fingerprint density at radius 3 is 0.827 bits per heavy atom. The second-order valence-electron chi connectivity index (χ2n) is 22.7. The van der Waals surface area contributed by atoms with Crippen LogP contribution in [0.4, 0.5) is 0 Å². The normalized spacial score (nSPS) is 12.8. The third kappa shape index (κ3) is 66.8. The van der Waals surface area contributed by atoms with Gasteiger partial charge in [-0.3, -0.25) is 14.4 Å². The molecule has 0 heterocycles. The molecule has 6 heteroatoms. The minimum atomic E-state index is -0.819. The summed E-state index contributed by atoms with van der Waals surface area (Å²) in [6, 6.07) is 0. The molecule has 81 heavy (non-hydrogen) atoms.